The Morgan fingerprint density at radius 3 is 2.88 bits per heavy atom. The lowest BCUT2D eigenvalue weighted by Crippen LogP contribution is -2.14. The summed E-state index contributed by atoms with van der Waals surface area (Å²) in [7, 11) is 0. The smallest absolute Gasteiger partial charge is 0.333 e. The van der Waals surface area contributed by atoms with E-state index in [2.05, 4.69) is 5.32 Å². The number of benzene rings is 1. The van der Waals surface area contributed by atoms with E-state index < -0.39 is 4.92 Å². The maximum absolute atomic E-state index is 10.9. The zero-order chi connectivity index (χ0) is 12.0. The van der Waals surface area contributed by atoms with Crippen molar-refractivity contribution in [2.45, 2.75) is 6.92 Å². The van der Waals surface area contributed by atoms with Crippen LogP contribution in [0.3, 0.4) is 0 Å². The van der Waals surface area contributed by atoms with Crippen LogP contribution in [0.4, 0.5) is 11.4 Å². The molecule has 1 rings (SSSR count). The first-order valence-electron chi connectivity index (χ1n) is 5.04. The van der Waals surface area contributed by atoms with Crippen LogP contribution in [0.25, 0.3) is 0 Å². The molecule has 0 aliphatic heterocycles. The van der Waals surface area contributed by atoms with E-state index in [0.717, 1.165) is 0 Å². The van der Waals surface area contributed by atoms with Crippen molar-refractivity contribution in [2.24, 2.45) is 5.73 Å². The average molecular weight is 225 g/mol. The summed E-state index contributed by atoms with van der Waals surface area (Å²) in [6.07, 6.45) is 0. The molecule has 3 N–H and O–H groups in total. The lowest BCUT2D eigenvalue weighted by Gasteiger charge is -2.09. The van der Waals surface area contributed by atoms with E-state index in [1.54, 1.807) is 25.1 Å². The van der Waals surface area contributed by atoms with Crippen molar-refractivity contribution in [3.8, 4) is 5.75 Å². The van der Waals surface area contributed by atoms with Crippen molar-refractivity contribution in [3.63, 3.8) is 0 Å². The second-order valence-corrected chi connectivity index (χ2v) is 3.06. The predicted octanol–water partition coefficient (Wildman–Crippen LogP) is 1.36. The molecule has 0 saturated carbocycles. The number of anilines is 1. The largest absolute Gasteiger partial charge is 0.487 e. The SMILES string of the molecule is CCOc1cccc(NCCN)c1[N+](=O)[O-]. The molecule has 0 aliphatic carbocycles. The van der Waals surface area contributed by atoms with Gasteiger partial charge in [0.1, 0.15) is 5.69 Å². The number of nitrogens with two attached hydrogens (primary N) is 1. The van der Waals surface area contributed by atoms with Gasteiger partial charge < -0.3 is 15.8 Å². The molecule has 0 heterocycles. The summed E-state index contributed by atoms with van der Waals surface area (Å²) in [5.41, 5.74) is 5.72. The van der Waals surface area contributed by atoms with E-state index in [9.17, 15) is 10.1 Å². The van der Waals surface area contributed by atoms with Crippen molar-refractivity contribution >= 4 is 11.4 Å². The van der Waals surface area contributed by atoms with Gasteiger partial charge in [-0.25, -0.2) is 0 Å². The summed E-state index contributed by atoms with van der Waals surface area (Å²) in [4.78, 5) is 10.5. The zero-order valence-corrected chi connectivity index (χ0v) is 9.10. The highest BCUT2D eigenvalue weighted by molar-refractivity contribution is 5.68. The molecule has 0 amide bonds. The molecule has 1 aromatic rings. The molecule has 0 aliphatic rings. The fourth-order valence-electron chi connectivity index (χ4n) is 1.33. The van der Waals surface area contributed by atoms with Gasteiger partial charge in [0.05, 0.1) is 11.5 Å². The molecule has 0 spiro atoms. The molecule has 0 bridgehead atoms. The highest BCUT2D eigenvalue weighted by Gasteiger charge is 2.20. The van der Waals surface area contributed by atoms with Gasteiger partial charge in [-0.1, -0.05) is 6.07 Å². The lowest BCUT2D eigenvalue weighted by molar-refractivity contribution is -0.384. The first kappa shape index (κ1) is 12.3. The van der Waals surface area contributed by atoms with Crippen molar-refractivity contribution < 1.29 is 9.66 Å². The lowest BCUT2D eigenvalue weighted by atomic mass is 10.2. The van der Waals surface area contributed by atoms with Crippen LogP contribution in [0.15, 0.2) is 18.2 Å². The van der Waals surface area contributed by atoms with Gasteiger partial charge in [0.2, 0.25) is 0 Å². The maximum atomic E-state index is 10.9. The molecule has 1 aromatic carbocycles. The van der Waals surface area contributed by atoms with Gasteiger partial charge in [-0.2, -0.15) is 0 Å². The van der Waals surface area contributed by atoms with Crippen LogP contribution in [0.5, 0.6) is 5.75 Å². The molecule has 0 unspecified atom stereocenters. The van der Waals surface area contributed by atoms with Gasteiger partial charge in [-0.3, -0.25) is 10.1 Å². The Bertz CT molecular complexity index is 368. The Balaban J connectivity index is 3.05. The van der Waals surface area contributed by atoms with Crippen LogP contribution < -0.4 is 15.8 Å². The number of hydrogen-bond acceptors (Lipinski definition) is 5. The summed E-state index contributed by atoms with van der Waals surface area (Å²) in [6, 6.07) is 4.92. The standard InChI is InChI=1S/C10H15N3O3/c1-2-16-9-5-3-4-8(12-7-6-11)10(9)13(14)15/h3-5,12H,2,6-7,11H2,1H3. The topological polar surface area (TPSA) is 90.4 Å². The summed E-state index contributed by atoms with van der Waals surface area (Å²) < 4.78 is 5.21. The van der Waals surface area contributed by atoms with Gasteiger partial charge in [0, 0.05) is 13.1 Å². The van der Waals surface area contributed by atoms with Crippen molar-refractivity contribution in [1.29, 1.82) is 0 Å². The van der Waals surface area contributed by atoms with Gasteiger partial charge in [-0.15, -0.1) is 0 Å². The molecular weight excluding hydrogens is 210 g/mol. The molecule has 6 nitrogen and oxygen atoms in total. The number of nitro benzene ring substituents is 1. The third kappa shape index (κ3) is 2.83. The van der Waals surface area contributed by atoms with E-state index in [4.69, 9.17) is 10.5 Å². The Kier molecular flexibility index (Phi) is 4.53. The molecule has 0 radical (unpaired) electrons. The van der Waals surface area contributed by atoms with Crippen LogP contribution in [0.1, 0.15) is 6.92 Å². The summed E-state index contributed by atoms with van der Waals surface area (Å²) in [6.45, 7) is 3.07. The third-order valence-corrected chi connectivity index (χ3v) is 1.94. The number of rotatable bonds is 6. The van der Waals surface area contributed by atoms with E-state index in [1.807, 2.05) is 0 Å². The van der Waals surface area contributed by atoms with E-state index in [1.165, 1.54) is 0 Å². The van der Waals surface area contributed by atoms with E-state index in [-0.39, 0.29) is 11.4 Å². The fraction of sp³-hybridized carbons (Fsp3) is 0.400. The minimum Gasteiger partial charge on any atom is -0.487 e. The van der Waals surface area contributed by atoms with Gasteiger partial charge in [0.25, 0.3) is 0 Å². The van der Waals surface area contributed by atoms with Crippen LogP contribution >= 0.6 is 0 Å². The van der Waals surface area contributed by atoms with Gasteiger partial charge in [-0.05, 0) is 19.1 Å². The molecule has 6 heteroatoms. The average Bonchev–Trinajstić information content (AvgIpc) is 2.26. The first-order valence-corrected chi connectivity index (χ1v) is 5.04. The van der Waals surface area contributed by atoms with Gasteiger partial charge in [0.15, 0.2) is 5.75 Å². The number of para-hydroxylation sites is 1. The normalized spacial score (nSPS) is 9.88. The van der Waals surface area contributed by atoms with Crippen LogP contribution in [0.2, 0.25) is 0 Å². The summed E-state index contributed by atoms with van der Waals surface area (Å²) in [5, 5.41) is 13.8. The maximum Gasteiger partial charge on any atom is 0.333 e. The van der Waals surface area contributed by atoms with Crippen LogP contribution in [-0.2, 0) is 0 Å². The number of nitrogens with one attached hydrogen (secondary N) is 1. The molecule has 0 saturated heterocycles. The number of ether oxygens (including phenoxy) is 1. The quantitative estimate of drug-likeness (QED) is 0.563. The Morgan fingerprint density at radius 1 is 1.56 bits per heavy atom. The molecular formula is C10H15N3O3. The summed E-state index contributed by atoms with van der Waals surface area (Å²) in [5.74, 6) is 0.273. The molecule has 88 valence electrons. The first-order chi connectivity index (χ1) is 7.70. The van der Waals surface area contributed by atoms with Crippen LogP contribution in [0, 0.1) is 10.1 Å². The number of nitro groups is 1. The second-order valence-electron chi connectivity index (χ2n) is 3.06. The van der Waals surface area contributed by atoms with Crippen molar-refractivity contribution in [2.75, 3.05) is 25.0 Å². The zero-order valence-electron chi connectivity index (χ0n) is 9.10. The number of nitrogens with zero attached hydrogens (tertiary/aromatic N) is 1. The Hall–Kier alpha value is -1.82. The van der Waals surface area contributed by atoms with Crippen molar-refractivity contribution in [1.82, 2.24) is 0 Å². The molecule has 0 aromatic heterocycles. The summed E-state index contributed by atoms with van der Waals surface area (Å²) >= 11 is 0. The molecule has 0 atom stereocenters. The minimum atomic E-state index is -0.455. The highest BCUT2D eigenvalue weighted by Crippen LogP contribution is 2.34. The van der Waals surface area contributed by atoms with E-state index in [0.29, 0.717) is 25.4 Å². The van der Waals surface area contributed by atoms with Gasteiger partial charge >= 0.3 is 5.69 Å². The molecule has 0 fully saturated rings. The Morgan fingerprint density at radius 2 is 2.31 bits per heavy atom. The van der Waals surface area contributed by atoms with Crippen molar-refractivity contribution in [3.05, 3.63) is 28.3 Å². The predicted molar refractivity (Wildman–Crippen MR) is 61.8 cm³/mol. The van der Waals surface area contributed by atoms with E-state index >= 15 is 0 Å². The highest BCUT2D eigenvalue weighted by atomic mass is 16.6. The molecule has 16 heavy (non-hydrogen) atoms. The monoisotopic (exact) mass is 225 g/mol. The second kappa shape index (κ2) is 5.92. The fourth-order valence-corrected chi connectivity index (χ4v) is 1.33. The Labute approximate surface area is 93.5 Å². The minimum absolute atomic E-state index is 0.0437. The van der Waals surface area contributed by atoms with Crippen LogP contribution in [-0.4, -0.2) is 24.6 Å². The number of hydrogen-bond donors (Lipinski definition) is 2. The third-order valence-electron chi connectivity index (χ3n) is 1.94.